The average molecular weight is 191 g/mol. The Kier molecular flexibility index (Phi) is 2.37. The van der Waals surface area contributed by atoms with Crippen molar-refractivity contribution in [3.63, 3.8) is 0 Å². The maximum atomic E-state index is 11.6. The molecule has 14 heavy (non-hydrogen) atoms. The second kappa shape index (κ2) is 3.67. The number of pyridine rings is 1. The topological polar surface area (TPSA) is 60.7 Å². The molecule has 0 saturated carbocycles. The van der Waals surface area contributed by atoms with Gasteiger partial charge in [-0.3, -0.25) is 4.79 Å². The molecule has 0 aliphatic rings. The van der Waals surface area contributed by atoms with Gasteiger partial charge in [-0.15, -0.1) is 0 Å². The first-order valence-corrected chi connectivity index (χ1v) is 4.65. The Morgan fingerprint density at radius 3 is 3.07 bits per heavy atom. The fourth-order valence-electron chi connectivity index (χ4n) is 1.60. The first-order valence-electron chi connectivity index (χ1n) is 4.65. The summed E-state index contributed by atoms with van der Waals surface area (Å²) in [4.78, 5) is 17.6. The number of aromatic nitrogens is 2. The molecule has 0 aliphatic carbocycles. The number of aromatic amines is 2. The minimum Gasteiger partial charge on any atom is -0.347 e. The van der Waals surface area contributed by atoms with Gasteiger partial charge >= 0.3 is 0 Å². The summed E-state index contributed by atoms with van der Waals surface area (Å²) in [5.41, 5.74) is 1.95. The second-order valence-corrected chi connectivity index (χ2v) is 3.26. The Balaban J connectivity index is 2.50. The third-order valence-electron chi connectivity index (χ3n) is 2.31. The van der Waals surface area contributed by atoms with Crippen LogP contribution in [-0.2, 0) is 6.42 Å². The minimum absolute atomic E-state index is 0.0751. The van der Waals surface area contributed by atoms with Crippen molar-refractivity contribution in [2.75, 3.05) is 13.6 Å². The molecule has 3 N–H and O–H groups in total. The molecule has 0 radical (unpaired) electrons. The fraction of sp³-hybridized carbons (Fsp3) is 0.300. The van der Waals surface area contributed by atoms with Crippen molar-refractivity contribution >= 4 is 11.0 Å². The van der Waals surface area contributed by atoms with E-state index in [0.29, 0.717) is 0 Å². The number of hydrogen-bond donors (Lipinski definition) is 3. The molecule has 2 aromatic heterocycles. The Hall–Kier alpha value is -1.55. The van der Waals surface area contributed by atoms with Gasteiger partial charge in [0, 0.05) is 18.5 Å². The van der Waals surface area contributed by atoms with E-state index in [0.717, 1.165) is 29.6 Å². The van der Waals surface area contributed by atoms with Gasteiger partial charge in [0.25, 0.3) is 0 Å². The number of nitrogens with one attached hydrogen (secondary N) is 3. The quantitative estimate of drug-likeness (QED) is 0.666. The molecule has 0 aromatic carbocycles. The highest BCUT2D eigenvalue weighted by Gasteiger charge is 2.05. The highest BCUT2D eigenvalue weighted by Crippen LogP contribution is 2.11. The summed E-state index contributed by atoms with van der Waals surface area (Å²) < 4.78 is 0. The predicted molar refractivity (Wildman–Crippen MR) is 56.6 cm³/mol. The Bertz CT molecular complexity index is 483. The van der Waals surface area contributed by atoms with Gasteiger partial charge in [0.1, 0.15) is 5.65 Å². The first-order chi connectivity index (χ1) is 6.83. The van der Waals surface area contributed by atoms with Crippen LogP contribution in [0.15, 0.2) is 23.3 Å². The Labute approximate surface area is 81.3 Å². The molecule has 0 fully saturated rings. The lowest BCUT2D eigenvalue weighted by molar-refractivity contribution is 0.794. The monoisotopic (exact) mass is 191 g/mol. The maximum Gasteiger partial charge on any atom is 0.191 e. The third-order valence-corrected chi connectivity index (χ3v) is 2.31. The van der Waals surface area contributed by atoms with Crippen LogP contribution in [0.2, 0.25) is 0 Å². The smallest absolute Gasteiger partial charge is 0.191 e. The van der Waals surface area contributed by atoms with Gasteiger partial charge in [-0.1, -0.05) is 0 Å². The van der Waals surface area contributed by atoms with Crippen LogP contribution in [0.1, 0.15) is 5.56 Å². The van der Waals surface area contributed by atoms with Gasteiger partial charge in [-0.2, -0.15) is 0 Å². The predicted octanol–water partition coefficient (Wildman–Crippen LogP) is 0.618. The molecule has 0 unspecified atom stereocenters. The fourth-order valence-corrected chi connectivity index (χ4v) is 1.60. The Morgan fingerprint density at radius 2 is 2.29 bits per heavy atom. The van der Waals surface area contributed by atoms with E-state index < -0.39 is 0 Å². The molecule has 0 atom stereocenters. The van der Waals surface area contributed by atoms with E-state index in [1.807, 2.05) is 13.2 Å². The van der Waals surface area contributed by atoms with Gasteiger partial charge in [0.15, 0.2) is 5.43 Å². The summed E-state index contributed by atoms with van der Waals surface area (Å²) in [6, 6.07) is 1.55. The van der Waals surface area contributed by atoms with Crippen LogP contribution < -0.4 is 10.7 Å². The second-order valence-electron chi connectivity index (χ2n) is 3.26. The van der Waals surface area contributed by atoms with Crippen LogP contribution >= 0.6 is 0 Å². The van der Waals surface area contributed by atoms with Crippen molar-refractivity contribution in [1.29, 1.82) is 0 Å². The van der Waals surface area contributed by atoms with Crippen LogP contribution in [0, 0.1) is 0 Å². The lowest BCUT2D eigenvalue weighted by atomic mass is 10.1. The molecule has 2 rings (SSSR count). The standard InChI is InChI=1S/C10H13N3O/c1-11-4-2-7-6-13-10-9(7)8(14)3-5-12-10/h3,5-6,11H,2,4H2,1H3,(H2,12,13,14). The van der Waals surface area contributed by atoms with Gasteiger partial charge in [0.05, 0.1) is 5.39 Å². The van der Waals surface area contributed by atoms with Gasteiger partial charge < -0.3 is 15.3 Å². The number of rotatable bonds is 3. The molecular weight excluding hydrogens is 178 g/mol. The zero-order valence-electron chi connectivity index (χ0n) is 8.05. The van der Waals surface area contributed by atoms with E-state index in [2.05, 4.69) is 15.3 Å². The normalized spacial score (nSPS) is 10.9. The summed E-state index contributed by atoms with van der Waals surface area (Å²) in [6.07, 6.45) is 4.41. The largest absolute Gasteiger partial charge is 0.347 e. The first kappa shape index (κ1) is 9.02. The highest BCUT2D eigenvalue weighted by molar-refractivity contribution is 5.79. The number of fused-ring (bicyclic) bond motifs is 1. The van der Waals surface area contributed by atoms with E-state index in [-0.39, 0.29) is 5.43 Å². The number of likely N-dealkylation sites (N-methyl/N-ethyl adjacent to an activating group) is 1. The summed E-state index contributed by atoms with van der Waals surface area (Å²) in [7, 11) is 1.90. The molecular formula is C10H13N3O. The van der Waals surface area contributed by atoms with E-state index in [1.54, 1.807) is 12.3 Å². The van der Waals surface area contributed by atoms with Crippen molar-refractivity contribution in [1.82, 2.24) is 15.3 Å². The van der Waals surface area contributed by atoms with Crippen LogP contribution in [-0.4, -0.2) is 23.6 Å². The molecule has 0 bridgehead atoms. The molecule has 0 saturated heterocycles. The molecule has 0 aliphatic heterocycles. The van der Waals surface area contributed by atoms with Crippen LogP contribution in [0.25, 0.3) is 11.0 Å². The minimum atomic E-state index is 0.0751. The highest BCUT2D eigenvalue weighted by atomic mass is 16.1. The molecule has 0 spiro atoms. The van der Waals surface area contributed by atoms with Crippen molar-refractivity contribution in [2.45, 2.75) is 6.42 Å². The summed E-state index contributed by atoms with van der Waals surface area (Å²) in [6.45, 7) is 0.876. The lowest BCUT2D eigenvalue weighted by Gasteiger charge is -1.96. The average Bonchev–Trinajstić information content (AvgIpc) is 2.59. The van der Waals surface area contributed by atoms with Crippen molar-refractivity contribution in [3.8, 4) is 0 Å². The van der Waals surface area contributed by atoms with Crippen LogP contribution in [0.4, 0.5) is 0 Å². The molecule has 2 heterocycles. The van der Waals surface area contributed by atoms with Crippen molar-refractivity contribution < 1.29 is 0 Å². The third kappa shape index (κ3) is 1.44. The van der Waals surface area contributed by atoms with E-state index in [9.17, 15) is 4.79 Å². The molecule has 0 amide bonds. The van der Waals surface area contributed by atoms with Crippen LogP contribution in [0.3, 0.4) is 0 Å². The van der Waals surface area contributed by atoms with E-state index in [4.69, 9.17) is 0 Å². The van der Waals surface area contributed by atoms with E-state index >= 15 is 0 Å². The maximum absolute atomic E-state index is 11.6. The summed E-state index contributed by atoms with van der Waals surface area (Å²) in [5.74, 6) is 0. The summed E-state index contributed by atoms with van der Waals surface area (Å²) >= 11 is 0. The van der Waals surface area contributed by atoms with Crippen LogP contribution in [0.5, 0.6) is 0 Å². The molecule has 2 aromatic rings. The van der Waals surface area contributed by atoms with Crippen molar-refractivity contribution in [3.05, 3.63) is 34.2 Å². The van der Waals surface area contributed by atoms with Crippen molar-refractivity contribution in [2.24, 2.45) is 0 Å². The zero-order valence-corrected chi connectivity index (χ0v) is 8.05. The molecule has 4 heteroatoms. The van der Waals surface area contributed by atoms with Gasteiger partial charge in [-0.25, -0.2) is 0 Å². The van der Waals surface area contributed by atoms with Gasteiger partial charge in [-0.05, 0) is 25.6 Å². The SMILES string of the molecule is CNCCc1c[nH]c2[nH]ccc(=O)c12. The molecule has 4 nitrogen and oxygen atoms in total. The number of H-pyrrole nitrogens is 2. The Morgan fingerprint density at radius 1 is 1.43 bits per heavy atom. The number of hydrogen-bond acceptors (Lipinski definition) is 2. The van der Waals surface area contributed by atoms with Gasteiger partial charge in [0.2, 0.25) is 0 Å². The summed E-state index contributed by atoms with van der Waals surface area (Å²) in [5, 5.41) is 3.84. The lowest BCUT2D eigenvalue weighted by Crippen LogP contribution is -2.11. The van der Waals surface area contributed by atoms with E-state index in [1.165, 1.54) is 0 Å². The zero-order chi connectivity index (χ0) is 9.97. The molecule has 74 valence electrons.